The molecule has 1 saturated carbocycles. The summed E-state index contributed by atoms with van der Waals surface area (Å²) in [7, 11) is 0. The number of rotatable bonds is 6. The van der Waals surface area contributed by atoms with Crippen LogP contribution in [-0.4, -0.2) is 10.9 Å². The number of carbonyl (C=O) groups is 1. The fraction of sp³-hybridized carbons (Fsp3) is 0.364. The molecule has 0 saturated heterocycles. The van der Waals surface area contributed by atoms with Gasteiger partial charge in [-0.3, -0.25) is 4.79 Å². The van der Waals surface area contributed by atoms with E-state index in [4.69, 9.17) is 4.42 Å². The second-order valence-electron chi connectivity index (χ2n) is 7.12. The van der Waals surface area contributed by atoms with Gasteiger partial charge in [-0.15, -0.1) is 11.3 Å². The van der Waals surface area contributed by atoms with E-state index in [0.29, 0.717) is 13.0 Å². The van der Waals surface area contributed by atoms with Crippen LogP contribution in [-0.2, 0) is 17.8 Å². The molecule has 1 fully saturated rings. The Labute approximate surface area is 163 Å². The molecule has 0 radical (unpaired) electrons. The zero-order valence-corrected chi connectivity index (χ0v) is 16.1. The first-order valence-corrected chi connectivity index (χ1v) is 10.5. The summed E-state index contributed by atoms with van der Waals surface area (Å²) in [6, 6.07) is 12.5. The van der Waals surface area contributed by atoms with Crippen molar-refractivity contribution in [3.8, 4) is 11.3 Å². The summed E-state index contributed by atoms with van der Waals surface area (Å²) in [4.78, 5) is 16.7. The first-order chi connectivity index (χ1) is 13.3. The molecule has 0 unspecified atom stereocenters. The standard InChI is InChI=1S/C22H24N2O2S/c25-21(23-14-19-7-4-12-26-19)13-22-24-20(15-27-22)18-10-8-17(9-11-18)16-5-2-1-3-6-16/h4,7-12,15-16H,1-3,5-6,13-14H2,(H,23,25). The van der Waals surface area contributed by atoms with E-state index in [2.05, 4.69) is 34.6 Å². The molecule has 4 nitrogen and oxygen atoms in total. The lowest BCUT2D eigenvalue weighted by Crippen LogP contribution is -2.24. The largest absolute Gasteiger partial charge is 0.467 e. The van der Waals surface area contributed by atoms with Gasteiger partial charge in [-0.25, -0.2) is 4.98 Å². The minimum atomic E-state index is -0.0417. The number of carbonyl (C=O) groups excluding carboxylic acids is 1. The van der Waals surface area contributed by atoms with Crippen molar-refractivity contribution in [3.05, 3.63) is 64.4 Å². The van der Waals surface area contributed by atoms with Crippen LogP contribution in [0.1, 0.15) is 54.4 Å². The number of benzene rings is 1. The quantitative estimate of drug-likeness (QED) is 0.630. The number of aromatic nitrogens is 1. The molecular weight excluding hydrogens is 356 g/mol. The summed E-state index contributed by atoms with van der Waals surface area (Å²) in [6.45, 7) is 0.409. The summed E-state index contributed by atoms with van der Waals surface area (Å²) in [5.74, 6) is 1.43. The summed E-state index contributed by atoms with van der Waals surface area (Å²) in [6.07, 6.45) is 8.61. The van der Waals surface area contributed by atoms with Gasteiger partial charge in [0.2, 0.25) is 5.91 Å². The maximum atomic E-state index is 12.1. The third-order valence-electron chi connectivity index (χ3n) is 5.19. The van der Waals surface area contributed by atoms with Crippen molar-refractivity contribution in [3.63, 3.8) is 0 Å². The predicted octanol–water partition coefficient (Wildman–Crippen LogP) is 5.31. The SMILES string of the molecule is O=C(Cc1nc(-c2ccc(C3CCCCC3)cc2)cs1)NCc1ccco1. The minimum Gasteiger partial charge on any atom is -0.467 e. The van der Waals surface area contributed by atoms with Gasteiger partial charge in [0.25, 0.3) is 0 Å². The van der Waals surface area contributed by atoms with Gasteiger partial charge in [0, 0.05) is 10.9 Å². The number of hydrogen-bond donors (Lipinski definition) is 1. The molecule has 140 valence electrons. The van der Waals surface area contributed by atoms with E-state index in [0.717, 1.165) is 27.9 Å². The first kappa shape index (κ1) is 18.0. The molecule has 1 amide bonds. The fourth-order valence-electron chi connectivity index (χ4n) is 3.69. The van der Waals surface area contributed by atoms with Gasteiger partial charge in [0.05, 0.1) is 24.9 Å². The number of thiazole rings is 1. The molecule has 0 aliphatic heterocycles. The van der Waals surface area contributed by atoms with Gasteiger partial charge in [0.15, 0.2) is 0 Å². The first-order valence-electron chi connectivity index (χ1n) is 9.62. The lowest BCUT2D eigenvalue weighted by molar-refractivity contribution is -0.120. The number of furan rings is 1. The smallest absolute Gasteiger partial charge is 0.227 e. The zero-order valence-electron chi connectivity index (χ0n) is 15.3. The fourth-order valence-corrected chi connectivity index (χ4v) is 4.49. The lowest BCUT2D eigenvalue weighted by atomic mass is 9.84. The molecule has 1 aromatic carbocycles. The maximum absolute atomic E-state index is 12.1. The molecule has 0 bridgehead atoms. The van der Waals surface area contributed by atoms with E-state index in [1.807, 2.05) is 17.5 Å². The van der Waals surface area contributed by atoms with Crippen molar-refractivity contribution in [2.24, 2.45) is 0 Å². The maximum Gasteiger partial charge on any atom is 0.227 e. The minimum absolute atomic E-state index is 0.0417. The summed E-state index contributed by atoms with van der Waals surface area (Å²) in [5.41, 5.74) is 3.52. The molecule has 0 atom stereocenters. The Bertz CT molecular complexity index is 862. The average Bonchev–Trinajstić information content (AvgIpc) is 3.39. The van der Waals surface area contributed by atoms with Gasteiger partial charge in [0.1, 0.15) is 10.8 Å². The molecule has 2 heterocycles. The number of nitrogens with one attached hydrogen (secondary N) is 1. The topological polar surface area (TPSA) is 55.1 Å². The molecular formula is C22H24N2O2S. The van der Waals surface area contributed by atoms with Crippen LogP contribution >= 0.6 is 11.3 Å². The van der Waals surface area contributed by atoms with Crippen LogP contribution < -0.4 is 5.32 Å². The van der Waals surface area contributed by atoms with E-state index in [-0.39, 0.29) is 5.91 Å². The van der Waals surface area contributed by atoms with Crippen molar-refractivity contribution in [1.29, 1.82) is 0 Å². The van der Waals surface area contributed by atoms with Crippen LogP contribution in [0.4, 0.5) is 0 Å². The Morgan fingerprint density at radius 2 is 1.96 bits per heavy atom. The summed E-state index contributed by atoms with van der Waals surface area (Å²) >= 11 is 1.53. The van der Waals surface area contributed by atoms with E-state index in [9.17, 15) is 4.79 Å². The second kappa shape index (κ2) is 8.53. The van der Waals surface area contributed by atoms with Crippen LogP contribution in [0, 0.1) is 0 Å². The van der Waals surface area contributed by atoms with E-state index in [1.54, 1.807) is 6.26 Å². The van der Waals surface area contributed by atoms with Gasteiger partial charge >= 0.3 is 0 Å². The lowest BCUT2D eigenvalue weighted by Gasteiger charge is -2.22. The van der Waals surface area contributed by atoms with E-state index >= 15 is 0 Å². The molecule has 4 rings (SSSR count). The molecule has 3 aromatic rings. The number of amides is 1. The molecule has 0 spiro atoms. The van der Waals surface area contributed by atoms with E-state index < -0.39 is 0 Å². The van der Waals surface area contributed by atoms with Crippen molar-refractivity contribution in [2.75, 3.05) is 0 Å². The van der Waals surface area contributed by atoms with Gasteiger partial charge in [-0.2, -0.15) is 0 Å². The molecule has 2 aromatic heterocycles. The molecule has 1 aliphatic rings. The van der Waals surface area contributed by atoms with Gasteiger partial charge in [-0.05, 0) is 36.5 Å². The number of hydrogen-bond acceptors (Lipinski definition) is 4. The highest BCUT2D eigenvalue weighted by Gasteiger charge is 2.16. The number of nitrogens with zero attached hydrogens (tertiary/aromatic N) is 1. The van der Waals surface area contributed by atoms with Gasteiger partial charge in [-0.1, -0.05) is 43.5 Å². The predicted molar refractivity (Wildman–Crippen MR) is 108 cm³/mol. The van der Waals surface area contributed by atoms with Crippen molar-refractivity contribution in [1.82, 2.24) is 10.3 Å². The van der Waals surface area contributed by atoms with Crippen LogP contribution in [0.5, 0.6) is 0 Å². The normalized spacial score (nSPS) is 15.0. The van der Waals surface area contributed by atoms with Crippen molar-refractivity contribution < 1.29 is 9.21 Å². The Morgan fingerprint density at radius 3 is 2.70 bits per heavy atom. The van der Waals surface area contributed by atoms with E-state index in [1.165, 1.54) is 49.0 Å². The third-order valence-corrected chi connectivity index (χ3v) is 6.04. The zero-order chi connectivity index (χ0) is 18.5. The third kappa shape index (κ3) is 4.66. The van der Waals surface area contributed by atoms with Crippen LogP contribution in [0.2, 0.25) is 0 Å². The molecule has 27 heavy (non-hydrogen) atoms. The summed E-state index contributed by atoms with van der Waals surface area (Å²) < 4.78 is 5.22. The highest BCUT2D eigenvalue weighted by atomic mass is 32.1. The highest BCUT2D eigenvalue weighted by molar-refractivity contribution is 7.10. The average molecular weight is 381 g/mol. The Hall–Kier alpha value is -2.40. The van der Waals surface area contributed by atoms with Crippen molar-refractivity contribution in [2.45, 2.75) is 51.0 Å². The Kier molecular flexibility index (Phi) is 5.68. The highest BCUT2D eigenvalue weighted by Crippen LogP contribution is 2.33. The second-order valence-corrected chi connectivity index (χ2v) is 8.06. The summed E-state index contributed by atoms with van der Waals surface area (Å²) in [5, 5.41) is 5.72. The molecule has 1 N–H and O–H groups in total. The molecule has 5 heteroatoms. The van der Waals surface area contributed by atoms with Crippen molar-refractivity contribution >= 4 is 17.2 Å². The van der Waals surface area contributed by atoms with Crippen LogP contribution in [0.3, 0.4) is 0 Å². The Morgan fingerprint density at radius 1 is 1.15 bits per heavy atom. The monoisotopic (exact) mass is 380 g/mol. The van der Waals surface area contributed by atoms with Crippen LogP contribution in [0.25, 0.3) is 11.3 Å². The molecule has 1 aliphatic carbocycles. The van der Waals surface area contributed by atoms with Gasteiger partial charge < -0.3 is 9.73 Å². The van der Waals surface area contributed by atoms with Crippen LogP contribution in [0.15, 0.2) is 52.5 Å². The Balaban J connectivity index is 1.35.